The smallest absolute Gasteiger partial charge is 0.416 e. The van der Waals surface area contributed by atoms with Gasteiger partial charge in [-0.15, -0.1) is 0 Å². The summed E-state index contributed by atoms with van der Waals surface area (Å²) in [4.78, 5) is 12.9. The molecule has 0 bridgehead atoms. The third-order valence-electron chi connectivity index (χ3n) is 4.65. The van der Waals surface area contributed by atoms with Gasteiger partial charge in [-0.25, -0.2) is 8.42 Å². The average Bonchev–Trinajstić information content (AvgIpc) is 2.69. The molecule has 3 rings (SSSR count). The number of carbonyl (C=O) groups excluding carboxylic acids is 1. The van der Waals surface area contributed by atoms with Crippen LogP contribution in [0.25, 0.3) is 0 Å². The number of sulfonamides is 1. The number of likely N-dealkylation sites (N-methyl/N-ethyl adjacent to an activating group) is 1. The fourth-order valence-corrected chi connectivity index (χ4v) is 4.91. The van der Waals surface area contributed by atoms with Crippen LogP contribution in [0.4, 0.5) is 24.5 Å². The van der Waals surface area contributed by atoms with Crippen molar-refractivity contribution in [3.05, 3.63) is 52.5 Å². The fourth-order valence-electron chi connectivity index (χ4n) is 3.05. The Hall–Kier alpha value is -2.27. The Morgan fingerprint density at radius 3 is 2.53 bits per heavy atom. The molecule has 11 heteroatoms. The molecule has 0 radical (unpaired) electrons. The van der Waals surface area contributed by atoms with Gasteiger partial charge in [-0.3, -0.25) is 9.10 Å². The predicted octanol–water partition coefficient (Wildman–Crippen LogP) is 4.39. The second-order valence-corrected chi connectivity index (χ2v) is 9.38. The molecule has 0 unspecified atom stereocenters. The summed E-state index contributed by atoms with van der Waals surface area (Å²) in [5, 5.41) is 0. The van der Waals surface area contributed by atoms with E-state index in [0.29, 0.717) is 16.2 Å². The van der Waals surface area contributed by atoms with Crippen LogP contribution >= 0.6 is 15.9 Å². The minimum atomic E-state index is -4.69. The first kappa shape index (κ1) is 22.4. The number of alkyl halides is 3. The summed E-state index contributed by atoms with van der Waals surface area (Å²) in [6.07, 6.45) is -5.53. The third kappa shape index (κ3) is 4.27. The van der Waals surface area contributed by atoms with Crippen molar-refractivity contribution in [2.75, 3.05) is 22.8 Å². The maximum atomic E-state index is 13.3. The molecule has 6 nitrogen and oxygen atoms in total. The van der Waals surface area contributed by atoms with Gasteiger partial charge < -0.3 is 9.64 Å². The first-order chi connectivity index (χ1) is 13.9. The molecule has 0 amide bonds. The summed E-state index contributed by atoms with van der Waals surface area (Å²) in [5.74, 6) is -0.524. The van der Waals surface area contributed by atoms with Gasteiger partial charge in [0.15, 0.2) is 6.23 Å². The largest absolute Gasteiger partial charge is 0.440 e. The summed E-state index contributed by atoms with van der Waals surface area (Å²) in [7, 11) is -2.73. The lowest BCUT2D eigenvalue weighted by atomic mass is 10.2. The van der Waals surface area contributed by atoms with E-state index in [1.807, 2.05) is 0 Å². The van der Waals surface area contributed by atoms with Gasteiger partial charge in [0.05, 0.1) is 28.4 Å². The van der Waals surface area contributed by atoms with Crippen LogP contribution in [0.3, 0.4) is 0 Å². The molecule has 2 aromatic carbocycles. The molecule has 2 aromatic rings. The molecule has 162 valence electrons. The number of rotatable bonds is 4. The monoisotopic (exact) mass is 506 g/mol. The van der Waals surface area contributed by atoms with E-state index < -0.39 is 38.9 Å². The van der Waals surface area contributed by atoms with Crippen LogP contribution < -0.4 is 9.21 Å². The van der Waals surface area contributed by atoms with E-state index in [4.69, 9.17) is 4.74 Å². The molecule has 1 heterocycles. The molecule has 1 aliphatic rings. The van der Waals surface area contributed by atoms with Gasteiger partial charge in [0.1, 0.15) is 0 Å². The molecule has 30 heavy (non-hydrogen) atoms. The minimum absolute atomic E-state index is 0.0952. The van der Waals surface area contributed by atoms with Crippen LogP contribution in [-0.2, 0) is 25.7 Å². The lowest BCUT2D eigenvalue weighted by molar-refractivity contribution is -0.148. The summed E-state index contributed by atoms with van der Waals surface area (Å²) >= 11 is 3.29. The molecule has 0 N–H and O–H groups in total. The van der Waals surface area contributed by atoms with E-state index in [-0.39, 0.29) is 18.7 Å². The van der Waals surface area contributed by atoms with Gasteiger partial charge >= 0.3 is 12.1 Å². The van der Waals surface area contributed by atoms with Crippen molar-refractivity contribution in [2.45, 2.75) is 30.6 Å². The predicted molar refractivity (Wildman–Crippen MR) is 109 cm³/mol. The number of esters is 1. The molecule has 0 saturated carbocycles. The van der Waals surface area contributed by atoms with E-state index in [0.717, 1.165) is 22.5 Å². The highest BCUT2D eigenvalue weighted by atomic mass is 79.9. The maximum Gasteiger partial charge on any atom is 0.416 e. The first-order valence-electron chi connectivity index (χ1n) is 8.87. The highest BCUT2D eigenvalue weighted by Crippen LogP contribution is 2.40. The summed E-state index contributed by atoms with van der Waals surface area (Å²) < 4.78 is 72.9. The van der Waals surface area contributed by atoms with Gasteiger partial charge in [-0.2, -0.15) is 13.2 Å². The number of hydrogen-bond acceptors (Lipinski definition) is 5. The number of nitrogens with zero attached hydrogens (tertiary/aromatic N) is 2. The quantitative estimate of drug-likeness (QED) is 0.575. The topological polar surface area (TPSA) is 66.9 Å². The van der Waals surface area contributed by atoms with Crippen LogP contribution in [0, 0.1) is 0 Å². The Morgan fingerprint density at radius 1 is 1.20 bits per heavy atom. The van der Waals surface area contributed by atoms with Crippen molar-refractivity contribution in [1.29, 1.82) is 0 Å². The number of hydrogen-bond donors (Lipinski definition) is 0. The zero-order chi connectivity index (χ0) is 22.3. The standard InChI is InChI=1S/C19H18BrF3N2O4S/c1-3-18(26)29-17-11-25(16-10-13(20)7-8-15(16)24(17)2)30(27,28)14-6-4-5-12(9-14)19(21,22)23/h4-10,17H,3,11H2,1-2H3/t17-/m0/s1. The van der Waals surface area contributed by atoms with Crippen LogP contribution in [0.2, 0.25) is 0 Å². The molecule has 1 aliphatic heterocycles. The molecular weight excluding hydrogens is 489 g/mol. The van der Waals surface area contributed by atoms with Crippen LogP contribution in [0.5, 0.6) is 0 Å². The van der Waals surface area contributed by atoms with Gasteiger partial charge in [0, 0.05) is 17.9 Å². The summed E-state index contributed by atoms with van der Waals surface area (Å²) in [6, 6.07) is 8.43. The van der Waals surface area contributed by atoms with Crippen molar-refractivity contribution in [2.24, 2.45) is 0 Å². The Kier molecular flexibility index (Phi) is 6.06. The van der Waals surface area contributed by atoms with Crippen molar-refractivity contribution < 1.29 is 31.1 Å². The number of halogens is 4. The molecule has 0 fully saturated rings. The second-order valence-electron chi connectivity index (χ2n) is 6.60. The number of benzene rings is 2. The van der Waals surface area contributed by atoms with Crippen LogP contribution in [0.15, 0.2) is 51.8 Å². The van der Waals surface area contributed by atoms with Gasteiger partial charge in [0.25, 0.3) is 10.0 Å². The zero-order valence-electron chi connectivity index (χ0n) is 16.0. The Balaban J connectivity index is 2.12. The van der Waals surface area contributed by atoms with Gasteiger partial charge in [-0.1, -0.05) is 28.9 Å². The second kappa shape index (κ2) is 8.10. The molecular formula is C19H18BrF3N2O4S. The van der Waals surface area contributed by atoms with Gasteiger partial charge in [-0.05, 0) is 36.4 Å². The molecule has 0 aliphatic carbocycles. The highest BCUT2D eigenvalue weighted by Gasteiger charge is 2.39. The molecule has 1 atom stereocenters. The SMILES string of the molecule is CCC(=O)O[C@H]1CN(S(=O)(=O)c2cccc(C(F)(F)F)c2)c2cc(Br)ccc2N1C. The first-order valence-corrected chi connectivity index (χ1v) is 11.1. The number of ether oxygens (including phenoxy) is 1. The van der Waals surface area contributed by atoms with Crippen molar-refractivity contribution >= 4 is 43.3 Å². The number of fused-ring (bicyclic) bond motifs is 1. The van der Waals surface area contributed by atoms with Crippen LogP contribution in [-0.4, -0.2) is 34.2 Å². The van der Waals surface area contributed by atoms with E-state index in [9.17, 15) is 26.4 Å². The van der Waals surface area contributed by atoms with E-state index in [1.165, 1.54) is 0 Å². The zero-order valence-corrected chi connectivity index (χ0v) is 18.4. The maximum absolute atomic E-state index is 13.3. The highest BCUT2D eigenvalue weighted by molar-refractivity contribution is 9.10. The van der Waals surface area contributed by atoms with E-state index in [1.54, 1.807) is 37.1 Å². The van der Waals surface area contributed by atoms with Crippen molar-refractivity contribution in [3.63, 3.8) is 0 Å². The average molecular weight is 507 g/mol. The summed E-state index contributed by atoms with van der Waals surface area (Å²) in [5.41, 5.74) is -0.358. The minimum Gasteiger partial charge on any atom is -0.440 e. The van der Waals surface area contributed by atoms with Crippen molar-refractivity contribution in [3.8, 4) is 0 Å². The Morgan fingerprint density at radius 2 is 1.90 bits per heavy atom. The lowest BCUT2D eigenvalue weighted by Crippen LogP contribution is -2.51. The van der Waals surface area contributed by atoms with Crippen molar-refractivity contribution in [1.82, 2.24) is 0 Å². The van der Waals surface area contributed by atoms with E-state index in [2.05, 4.69) is 15.9 Å². The summed E-state index contributed by atoms with van der Waals surface area (Å²) in [6.45, 7) is 1.33. The molecule has 0 aromatic heterocycles. The van der Waals surface area contributed by atoms with Gasteiger partial charge in [0.2, 0.25) is 0 Å². The normalized spacial score (nSPS) is 16.9. The Labute approximate surface area is 180 Å². The van der Waals surface area contributed by atoms with Crippen LogP contribution in [0.1, 0.15) is 18.9 Å². The number of anilines is 2. The Bertz CT molecular complexity index is 1080. The lowest BCUT2D eigenvalue weighted by Gasteiger charge is -2.41. The molecule has 0 saturated heterocycles. The number of carbonyl (C=O) groups is 1. The third-order valence-corrected chi connectivity index (χ3v) is 6.91. The fraction of sp³-hybridized carbons (Fsp3) is 0.316. The van der Waals surface area contributed by atoms with E-state index >= 15 is 0 Å². The molecule has 0 spiro atoms.